The van der Waals surface area contributed by atoms with Gasteiger partial charge in [0, 0.05) is 6.54 Å². The number of aryl methyl sites for hydroxylation is 1. The minimum absolute atomic E-state index is 0.169. The van der Waals surface area contributed by atoms with E-state index in [1.807, 2.05) is 31.4 Å². The third-order valence-corrected chi connectivity index (χ3v) is 5.19. The fourth-order valence-corrected chi connectivity index (χ4v) is 3.42. The number of nitrogens with zero attached hydrogens (tertiary/aromatic N) is 3. The van der Waals surface area contributed by atoms with Gasteiger partial charge in [-0.3, -0.25) is 4.79 Å². The van der Waals surface area contributed by atoms with Crippen LogP contribution < -0.4 is 4.74 Å². The van der Waals surface area contributed by atoms with Crippen molar-refractivity contribution in [3.63, 3.8) is 0 Å². The molecule has 0 N–H and O–H groups in total. The van der Waals surface area contributed by atoms with Crippen molar-refractivity contribution in [1.29, 1.82) is 0 Å². The number of hydrogen-bond donors (Lipinski definition) is 0. The van der Waals surface area contributed by atoms with Crippen molar-refractivity contribution in [2.75, 3.05) is 20.3 Å². The molecule has 0 aliphatic heterocycles. The van der Waals surface area contributed by atoms with Crippen LogP contribution in [0.5, 0.6) is 5.75 Å². The smallest absolute Gasteiger partial charge is 0.337 e. The molecule has 158 valence electrons. The summed E-state index contributed by atoms with van der Waals surface area (Å²) in [5.74, 6) is 0.590. The summed E-state index contributed by atoms with van der Waals surface area (Å²) in [5.41, 5.74) is 1.18. The molecule has 8 nitrogen and oxygen atoms in total. The van der Waals surface area contributed by atoms with Crippen molar-refractivity contribution in [2.24, 2.45) is 0 Å². The van der Waals surface area contributed by atoms with Gasteiger partial charge in [0.25, 0.3) is 11.8 Å². The number of rotatable bonds is 9. The molecule has 30 heavy (non-hydrogen) atoms. The fraction of sp³-hybridized carbons (Fsp3) is 0.333. The Kier molecular flexibility index (Phi) is 7.18. The summed E-state index contributed by atoms with van der Waals surface area (Å²) in [4.78, 5) is 27.0. The maximum absolute atomic E-state index is 12.8. The quantitative estimate of drug-likeness (QED) is 0.479. The van der Waals surface area contributed by atoms with Crippen LogP contribution in [-0.2, 0) is 16.1 Å². The van der Waals surface area contributed by atoms with E-state index in [0.29, 0.717) is 29.6 Å². The summed E-state index contributed by atoms with van der Waals surface area (Å²) in [6.45, 7) is 4.39. The Morgan fingerprint density at radius 3 is 2.77 bits per heavy atom. The van der Waals surface area contributed by atoms with Crippen LogP contribution in [0.25, 0.3) is 10.8 Å². The van der Waals surface area contributed by atoms with Crippen LogP contribution in [0.3, 0.4) is 0 Å². The molecule has 0 bridgehead atoms. The van der Waals surface area contributed by atoms with Gasteiger partial charge in [-0.2, -0.15) is 0 Å². The molecule has 0 fully saturated rings. The van der Waals surface area contributed by atoms with Crippen LogP contribution in [0.2, 0.25) is 0 Å². The van der Waals surface area contributed by atoms with Crippen LogP contribution >= 0.6 is 11.3 Å². The second-order valence-corrected chi connectivity index (χ2v) is 7.50. The predicted molar refractivity (Wildman–Crippen MR) is 111 cm³/mol. The molecule has 2 heterocycles. The molecule has 0 atom stereocenters. The van der Waals surface area contributed by atoms with E-state index in [-0.39, 0.29) is 19.1 Å². The first kappa shape index (κ1) is 21.5. The van der Waals surface area contributed by atoms with E-state index in [1.54, 1.807) is 23.1 Å². The highest BCUT2D eigenvalue weighted by Crippen LogP contribution is 2.24. The van der Waals surface area contributed by atoms with E-state index in [2.05, 4.69) is 10.2 Å². The highest BCUT2D eigenvalue weighted by atomic mass is 32.1. The van der Waals surface area contributed by atoms with Crippen molar-refractivity contribution in [3.05, 3.63) is 52.7 Å². The third-order valence-electron chi connectivity index (χ3n) is 4.33. The van der Waals surface area contributed by atoms with Crippen LogP contribution in [0, 0.1) is 6.92 Å². The zero-order chi connectivity index (χ0) is 21.5. The van der Waals surface area contributed by atoms with E-state index in [9.17, 15) is 9.59 Å². The summed E-state index contributed by atoms with van der Waals surface area (Å²) < 4.78 is 16.1. The van der Waals surface area contributed by atoms with Crippen LogP contribution in [-0.4, -0.2) is 47.2 Å². The average Bonchev–Trinajstić information content (AvgIpc) is 3.44. The zero-order valence-corrected chi connectivity index (χ0v) is 17.9. The molecule has 9 heteroatoms. The van der Waals surface area contributed by atoms with Crippen LogP contribution in [0.1, 0.15) is 35.2 Å². The maximum atomic E-state index is 12.8. The van der Waals surface area contributed by atoms with Gasteiger partial charge in [-0.1, -0.05) is 19.1 Å². The molecule has 0 spiro atoms. The zero-order valence-electron chi connectivity index (χ0n) is 17.1. The highest BCUT2D eigenvalue weighted by Gasteiger charge is 2.19. The molecular formula is C21H23N3O5S. The summed E-state index contributed by atoms with van der Waals surface area (Å²) in [6.07, 6.45) is 0.772. The lowest BCUT2D eigenvalue weighted by Gasteiger charge is -2.20. The monoisotopic (exact) mass is 429 g/mol. The molecule has 1 amide bonds. The number of amides is 1. The summed E-state index contributed by atoms with van der Waals surface area (Å²) in [5, 5.41) is 10.0. The Morgan fingerprint density at radius 1 is 1.23 bits per heavy atom. The minimum Gasteiger partial charge on any atom is -0.483 e. The molecular weight excluding hydrogens is 406 g/mol. The Hall–Kier alpha value is -3.20. The van der Waals surface area contributed by atoms with Crippen molar-refractivity contribution >= 4 is 23.2 Å². The van der Waals surface area contributed by atoms with Gasteiger partial charge in [-0.15, -0.1) is 21.5 Å². The Morgan fingerprint density at radius 2 is 2.07 bits per heavy atom. The summed E-state index contributed by atoms with van der Waals surface area (Å²) >= 11 is 1.51. The van der Waals surface area contributed by atoms with Gasteiger partial charge in [0.15, 0.2) is 6.61 Å². The van der Waals surface area contributed by atoms with E-state index >= 15 is 0 Å². The van der Waals surface area contributed by atoms with Gasteiger partial charge in [-0.05, 0) is 42.5 Å². The van der Waals surface area contributed by atoms with Gasteiger partial charge in [0.1, 0.15) is 5.75 Å². The number of ether oxygens (including phenoxy) is 2. The van der Waals surface area contributed by atoms with Crippen molar-refractivity contribution in [1.82, 2.24) is 15.1 Å². The minimum atomic E-state index is -0.461. The number of thiophene rings is 1. The second-order valence-electron chi connectivity index (χ2n) is 6.55. The van der Waals surface area contributed by atoms with E-state index < -0.39 is 5.97 Å². The lowest BCUT2D eigenvalue weighted by molar-refractivity contribution is -0.134. The number of aromatic nitrogens is 2. The normalized spacial score (nSPS) is 10.6. The number of methoxy groups -OCH3 is 1. The molecule has 2 aromatic heterocycles. The number of carbonyl (C=O) groups is 2. The molecule has 0 saturated heterocycles. The first-order valence-corrected chi connectivity index (χ1v) is 10.4. The average molecular weight is 429 g/mol. The molecule has 0 unspecified atom stereocenters. The van der Waals surface area contributed by atoms with Crippen LogP contribution in [0.4, 0.5) is 0 Å². The highest BCUT2D eigenvalue weighted by molar-refractivity contribution is 7.13. The Bertz CT molecular complexity index is 1000. The Labute approximate surface area is 178 Å². The molecule has 3 aromatic rings. The number of benzene rings is 1. The first-order chi connectivity index (χ1) is 14.5. The van der Waals surface area contributed by atoms with E-state index in [0.717, 1.165) is 16.9 Å². The largest absolute Gasteiger partial charge is 0.483 e. The van der Waals surface area contributed by atoms with Gasteiger partial charge in [0.05, 0.1) is 24.1 Å². The number of hydrogen-bond acceptors (Lipinski definition) is 8. The topological polar surface area (TPSA) is 94.8 Å². The second kappa shape index (κ2) is 10.0. The van der Waals surface area contributed by atoms with Gasteiger partial charge in [-0.25, -0.2) is 4.79 Å². The molecule has 0 radical (unpaired) electrons. The van der Waals surface area contributed by atoms with Crippen molar-refractivity contribution in [2.45, 2.75) is 26.8 Å². The maximum Gasteiger partial charge on any atom is 0.337 e. The molecule has 0 aliphatic carbocycles. The van der Waals surface area contributed by atoms with Gasteiger partial charge >= 0.3 is 5.97 Å². The predicted octanol–water partition coefficient (Wildman–Crippen LogP) is 3.71. The SMILES string of the molecule is CCCN(Cc1nnc(-c2cccs2)o1)C(=O)COc1cc(C(=O)OC)ccc1C. The fourth-order valence-electron chi connectivity index (χ4n) is 2.77. The molecule has 0 saturated carbocycles. The van der Waals surface area contributed by atoms with Gasteiger partial charge < -0.3 is 18.8 Å². The van der Waals surface area contributed by atoms with E-state index in [1.165, 1.54) is 18.4 Å². The van der Waals surface area contributed by atoms with Crippen molar-refractivity contribution in [3.8, 4) is 16.5 Å². The number of esters is 1. The molecule has 1 aromatic carbocycles. The summed E-state index contributed by atoms with van der Waals surface area (Å²) in [7, 11) is 1.32. The molecule has 0 aliphatic rings. The lowest BCUT2D eigenvalue weighted by atomic mass is 10.1. The lowest BCUT2D eigenvalue weighted by Crippen LogP contribution is -2.35. The number of carbonyl (C=O) groups excluding carboxylic acids is 2. The van der Waals surface area contributed by atoms with Gasteiger partial charge in [0.2, 0.25) is 5.89 Å². The third kappa shape index (κ3) is 5.24. The first-order valence-electron chi connectivity index (χ1n) is 9.47. The Balaban J connectivity index is 1.65. The van der Waals surface area contributed by atoms with Crippen LogP contribution in [0.15, 0.2) is 40.1 Å². The van der Waals surface area contributed by atoms with Crippen molar-refractivity contribution < 1.29 is 23.5 Å². The van der Waals surface area contributed by atoms with E-state index in [4.69, 9.17) is 13.9 Å². The molecule has 3 rings (SSSR count). The standard InChI is InChI=1S/C21H23N3O5S/c1-4-9-24(12-18-22-23-20(29-18)17-6-5-10-30-17)19(25)13-28-16-11-15(21(26)27-3)8-7-14(16)2/h5-8,10-11H,4,9,12-13H2,1-3H3. The summed E-state index contributed by atoms with van der Waals surface area (Å²) in [6, 6.07) is 8.78.